The van der Waals surface area contributed by atoms with E-state index in [9.17, 15) is 0 Å². The van der Waals surface area contributed by atoms with Crippen molar-refractivity contribution in [2.75, 3.05) is 20.3 Å². The Morgan fingerprint density at radius 2 is 1.15 bits per heavy atom. The number of ether oxygens (including phenoxy) is 1. The van der Waals surface area contributed by atoms with Gasteiger partial charge in [0.05, 0.1) is 12.7 Å². The fraction of sp³-hybridized carbons (Fsp3) is 1.00. The summed E-state index contributed by atoms with van der Waals surface area (Å²) in [5.41, 5.74) is 0. The molecule has 158 valence electrons. The number of hydrogen-bond donors (Lipinski definition) is 2. The van der Waals surface area contributed by atoms with E-state index in [4.69, 9.17) is 9.84 Å². The Bertz CT molecular complexity index is 257. The second kappa shape index (κ2) is 21.2. The largest absolute Gasteiger partial charge is 0.394 e. The van der Waals surface area contributed by atoms with E-state index in [1.807, 2.05) is 0 Å². The van der Waals surface area contributed by atoms with Crippen LogP contribution in [0.3, 0.4) is 0 Å². The van der Waals surface area contributed by atoms with Crippen molar-refractivity contribution in [3.63, 3.8) is 0 Å². The molecule has 0 saturated heterocycles. The summed E-state index contributed by atoms with van der Waals surface area (Å²) in [5, 5.41) is 12.5. The second-order valence-electron chi connectivity index (χ2n) is 8.09. The lowest BCUT2D eigenvalue weighted by Crippen LogP contribution is -2.36. The third kappa shape index (κ3) is 18.7. The van der Waals surface area contributed by atoms with Crippen LogP contribution >= 0.6 is 0 Å². The summed E-state index contributed by atoms with van der Waals surface area (Å²) in [6.07, 6.45) is 22.4. The summed E-state index contributed by atoms with van der Waals surface area (Å²) in [6, 6.07) is 0.515. The quantitative estimate of drug-likeness (QED) is 0.235. The van der Waals surface area contributed by atoms with Crippen LogP contribution in [-0.2, 0) is 4.74 Å². The standard InChI is InChI=1S/C23H49NO2/c1-4-5-6-7-8-9-10-11-12-13-14-15-16-17-18-19-22(2)24-20-23(21-25)26-3/h22-25H,4-21H2,1-3H3. The van der Waals surface area contributed by atoms with Gasteiger partial charge in [0.2, 0.25) is 0 Å². The summed E-state index contributed by atoms with van der Waals surface area (Å²) < 4.78 is 5.17. The van der Waals surface area contributed by atoms with Crippen molar-refractivity contribution in [1.29, 1.82) is 0 Å². The predicted octanol–water partition coefficient (Wildman–Crippen LogP) is 6.23. The van der Waals surface area contributed by atoms with Crippen molar-refractivity contribution in [2.24, 2.45) is 0 Å². The number of hydrogen-bond acceptors (Lipinski definition) is 3. The van der Waals surface area contributed by atoms with Gasteiger partial charge < -0.3 is 15.2 Å². The first kappa shape index (κ1) is 25.9. The average molecular weight is 372 g/mol. The molecule has 0 aliphatic carbocycles. The maximum absolute atomic E-state index is 9.09. The third-order valence-electron chi connectivity index (χ3n) is 5.47. The van der Waals surface area contributed by atoms with Crippen molar-refractivity contribution in [2.45, 2.75) is 129 Å². The van der Waals surface area contributed by atoms with Crippen molar-refractivity contribution in [3.8, 4) is 0 Å². The van der Waals surface area contributed by atoms with E-state index in [-0.39, 0.29) is 12.7 Å². The Kier molecular flexibility index (Phi) is 21.1. The smallest absolute Gasteiger partial charge is 0.0925 e. The number of rotatable bonds is 21. The summed E-state index contributed by atoms with van der Waals surface area (Å²) in [7, 11) is 1.65. The fourth-order valence-corrected chi connectivity index (χ4v) is 3.48. The first-order valence-corrected chi connectivity index (χ1v) is 11.6. The highest BCUT2D eigenvalue weighted by molar-refractivity contribution is 4.65. The topological polar surface area (TPSA) is 41.5 Å². The Morgan fingerprint density at radius 3 is 1.54 bits per heavy atom. The van der Waals surface area contributed by atoms with E-state index >= 15 is 0 Å². The van der Waals surface area contributed by atoms with Gasteiger partial charge in [-0.15, -0.1) is 0 Å². The maximum atomic E-state index is 9.09. The van der Waals surface area contributed by atoms with Gasteiger partial charge in [0, 0.05) is 19.7 Å². The minimum atomic E-state index is -0.0708. The fourth-order valence-electron chi connectivity index (χ4n) is 3.48. The molecule has 0 amide bonds. The van der Waals surface area contributed by atoms with Crippen LogP contribution in [-0.4, -0.2) is 37.5 Å². The Morgan fingerprint density at radius 1 is 0.731 bits per heavy atom. The molecule has 3 nitrogen and oxygen atoms in total. The molecule has 0 bridgehead atoms. The minimum absolute atomic E-state index is 0.0708. The normalized spacial score (nSPS) is 13.8. The van der Waals surface area contributed by atoms with Gasteiger partial charge in [0.25, 0.3) is 0 Å². The molecule has 2 unspecified atom stereocenters. The van der Waals surface area contributed by atoms with Crippen molar-refractivity contribution in [1.82, 2.24) is 5.32 Å². The van der Waals surface area contributed by atoms with E-state index in [2.05, 4.69) is 19.2 Å². The van der Waals surface area contributed by atoms with E-state index in [0.717, 1.165) is 6.54 Å². The molecule has 0 radical (unpaired) electrons. The lowest BCUT2D eigenvalue weighted by molar-refractivity contribution is 0.0474. The summed E-state index contributed by atoms with van der Waals surface area (Å²) >= 11 is 0. The maximum Gasteiger partial charge on any atom is 0.0925 e. The lowest BCUT2D eigenvalue weighted by Gasteiger charge is -2.18. The Hall–Kier alpha value is -0.120. The van der Waals surface area contributed by atoms with E-state index in [1.165, 1.54) is 103 Å². The Labute approximate surface area is 164 Å². The van der Waals surface area contributed by atoms with Crippen LogP contribution in [0.2, 0.25) is 0 Å². The highest BCUT2D eigenvalue weighted by atomic mass is 16.5. The molecular formula is C23H49NO2. The van der Waals surface area contributed by atoms with Crippen LogP contribution in [0.4, 0.5) is 0 Å². The molecular weight excluding hydrogens is 322 g/mol. The molecule has 0 aromatic rings. The summed E-state index contributed by atoms with van der Waals surface area (Å²) in [5.74, 6) is 0. The van der Waals surface area contributed by atoms with E-state index < -0.39 is 0 Å². The van der Waals surface area contributed by atoms with Gasteiger partial charge in [-0.2, -0.15) is 0 Å². The minimum Gasteiger partial charge on any atom is -0.394 e. The molecule has 0 aliphatic heterocycles. The molecule has 0 aromatic carbocycles. The number of nitrogens with one attached hydrogen (secondary N) is 1. The third-order valence-corrected chi connectivity index (χ3v) is 5.47. The Balaban J connectivity index is 3.17. The van der Waals surface area contributed by atoms with Crippen LogP contribution in [0, 0.1) is 0 Å². The molecule has 0 saturated carbocycles. The number of aliphatic hydroxyl groups excluding tert-OH is 1. The second-order valence-corrected chi connectivity index (χ2v) is 8.09. The predicted molar refractivity (Wildman–Crippen MR) is 115 cm³/mol. The van der Waals surface area contributed by atoms with Gasteiger partial charge in [-0.1, -0.05) is 103 Å². The molecule has 2 N–H and O–H groups in total. The van der Waals surface area contributed by atoms with E-state index in [1.54, 1.807) is 7.11 Å². The highest BCUT2D eigenvalue weighted by Crippen LogP contribution is 2.14. The van der Waals surface area contributed by atoms with E-state index in [0.29, 0.717) is 6.04 Å². The molecule has 2 atom stereocenters. The van der Waals surface area contributed by atoms with Gasteiger partial charge in [-0.3, -0.25) is 0 Å². The first-order valence-electron chi connectivity index (χ1n) is 11.6. The van der Waals surface area contributed by atoms with Crippen LogP contribution in [0.15, 0.2) is 0 Å². The zero-order chi connectivity index (χ0) is 19.3. The van der Waals surface area contributed by atoms with Gasteiger partial charge in [-0.25, -0.2) is 0 Å². The molecule has 26 heavy (non-hydrogen) atoms. The molecule has 0 fully saturated rings. The van der Waals surface area contributed by atoms with Gasteiger partial charge in [0.15, 0.2) is 0 Å². The van der Waals surface area contributed by atoms with Gasteiger partial charge in [-0.05, 0) is 13.3 Å². The zero-order valence-corrected chi connectivity index (χ0v) is 18.2. The molecule has 0 spiro atoms. The molecule has 0 aromatic heterocycles. The summed E-state index contributed by atoms with van der Waals surface area (Å²) in [6.45, 7) is 5.35. The van der Waals surface area contributed by atoms with Gasteiger partial charge in [0.1, 0.15) is 0 Å². The monoisotopic (exact) mass is 371 g/mol. The van der Waals surface area contributed by atoms with Crippen LogP contribution in [0.25, 0.3) is 0 Å². The van der Waals surface area contributed by atoms with Crippen molar-refractivity contribution in [3.05, 3.63) is 0 Å². The number of methoxy groups -OCH3 is 1. The lowest BCUT2D eigenvalue weighted by atomic mass is 10.0. The molecule has 3 heteroatoms. The van der Waals surface area contributed by atoms with Crippen LogP contribution < -0.4 is 5.32 Å². The molecule has 0 rings (SSSR count). The van der Waals surface area contributed by atoms with Gasteiger partial charge >= 0.3 is 0 Å². The average Bonchev–Trinajstić information content (AvgIpc) is 2.65. The van der Waals surface area contributed by atoms with Crippen molar-refractivity contribution >= 4 is 0 Å². The van der Waals surface area contributed by atoms with Crippen LogP contribution in [0.5, 0.6) is 0 Å². The molecule has 0 heterocycles. The first-order chi connectivity index (χ1) is 12.7. The molecule has 0 aliphatic rings. The SMILES string of the molecule is CCCCCCCCCCCCCCCCCC(C)NCC(CO)OC. The van der Waals surface area contributed by atoms with Crippen LogP contribution in [0.1, 0.15) is 117 Å². The number of aliphatic hydroxyl groups is 1. The summed E-state index contributed by atoms with van der Waals surface area (Å²) in [4.78, 5) is 0. The van der Waals surface area contributed by atoms with Crippen molar-refractivity contribution < 1.29 is 9.84 Å². The number of unbranched alkanes of at least 4 members (excludes halogenated alkanes) is 14. The highest BCUT2D eigenvalue weighted by Gasteiger charge is 2.07. The zero-order valence-electron chi connectivity index (χ0n) is 18.2.